The zero-order valence-corrected chi connectivity index (χ0v) is 18.1. The number of hydrogen-bond acceptors (Lipinski definition) is 4. The largest absolute Gasteiger partial charge is 0.508 e. The molecule has 3 aromatic rings. The van der Waals surface area contributed by atoms with Crippen LogP contribution in [0.2, 0.25) is 5.02 Å². The predicted octanol–water partition coefficient (Wildman–Crippen LogP) is 5.03. The molecule has 31 heavy (non-hydrogen) atoms. The van der Waals surface area contributed by atoms with Crippen LogP contribution in [-0.2, 0) is 6.54 Å². The SMILES string of the molecule is Cc1ccccc1NC(=O)Nc1ccnn1C1CCN(Cc2cc(Cl)ccc2O)CC1. The van der Waals surface area contributed by atoms with Crippen LogP contribution < -0.4 is 10.6 Å². The lowest BCUT2D eigenvalue weighted by Gasteiger charge is -2.32. The van der Waals surface area contributed by atoms with Gasteiger partial charge in [-0.3, -0.25) is 10.2 Å². The minimum atomic E-state index is -0.287. The van der Waals surface area contributed by atoms with Gasteiger partial charge >= 0.3 is 6.03 Å². The Morgan fingerprint density at radius 3 is 2.71 bits per heavy atom. The number of phenols is 1. The summed E-state index contributed by atoms with van der Waals surface area (Å²) < 4.78 is 1.89. The number of likely N-dealkylation sites (tertiary alicyclic amines) is 1. The van der Waals surface area contributed by atoms with Crippen LogP contribution in [0.15, 0.2) is 54.7 Å². The molecule has 0 saturated carbocycles. The normalized spacial score (nSPS) is 15.0. The molecule has 162 valence electrons. The highest BCUT2D eigenvalue weighted by atomic mass is 35.5. The summed E-state index contributed by atoms with van der Waals surface area (Å²) >= 11 is 6.06. The number of aromatic nitrogens is 2. The number of phenolic OH excluding ortho intramolecular Hbond substituents is 1. The number of benzene rings is 2. The number of amides is 2. The summed E-state index contributed by atoms with van der Waals surface area (Å²) in [5.41, 5.74) is 2.62. The highest BCUT2D eigenvalue weighted by molar-refractivity contribution is 6.30. The van der Waals surface area contributed by atoms with Crippen molar-refractivity contribution in [3.63, 3.8) is 0 Å². The smallest absolute Gasteiger partial charge is 0.324 e. The van der Waals surface area contributed by atoms with E-state index in [1.54, 1.807) is 18.3 Å². The molecule has 1 aromatic heterocycles. The Hall–Kier alpha value is -3.03. The number of aromatic hydroxyl groups is 1. The number of carbonyl (C=O) groups excluding carboxylic acids is 1. The number of nitrogens with one attached hydrogen (secondary N) is 2. The Balaban J connectivity index is 1.34. The van der Waals surface area contributed by atoms with Crippen molar-refractivity contribution in [2.24, 2.45) is 0 Å². The van der Waals surface area contributed by atoms with E-state index in [0.29, 0.717) is 17.4 Å². The van der Waals surface area contributed by atoms with E-state index in [-0.39, 0.29) is 17.8 Å². The van der Waals surface area contributed by atoms with Gasteiger partial charge in [-0.15, -0.1) is 0 Å². The van der Waals surface area contributed by atoms with Gasteiger partial charge in [-0.25, -0.2) is 9.48 Å². The van der Waals surface area contributed by atoms with E-state index in [1.807, 2.05) is 48.0 Å². The highest BCUT2D eigenvalue weighted by Crippen LogP contribution is 2.28. The number of anilines is 2. The molecule has 0 spiro atoms. The molecule has 2 amide bonds. The van der Waals surface area contributed by atoms with Crippen LogP contribution in [0.25, 0.3) is 0 Å². The van der Waals surface area contributed by atoms with Gasteiger partial charge in [0.25, 0.3) is 0 Å². The lowest BCUT2D eigenvalue weighted by atomic mass is 10.0. The van der Waals surface area contributed by atoms with E-state index < -0.39 is 0 Å². The Labute approximate surface area is 186 Å². The van der Waals surface area contributed by atoms with Gasteiger partial charge in [0.2, 0.25) is 0 Å². The first-order valence-corrected chi connectivity index (χ1v) is 10.7. The number of rotatable bonds is 5. The average molecular weight is 440 g/mol. The molecule has 2 heterocycles. The summed E-state index contributed by atoms with van der Waals surface area (Å²) in [5.74, 6) is 0.946. The fourth-order valence-electron chi connectivity index (χ4n) is 3.93. The number of para-hydroxylation sites is 1. The van der Waals surface area contributed by atoms with Crippen LogP contribution in [0.5, 0.6) is 5.75 Å². The van der Waals surface area contributed by atoms with Gasteiger partial charge < -0.3 is 10.4 Å². The summed E-state index contributed by atoms with van der Waals surface area (Å²) in [4.78, 5) is 14.8. The van der Waals surface area contributed by atoms with Crippen LogP contribution in [0.3, 0.4) is 0 Å². The van der Waals surface area contributed by atoms with Gasteiger partial charge in [-0.1, -0.05) is 29.8 Å². The number of piperidine rings is 1. The first kappa shape index (κ1) is 21.2. The van der Waals surface area contributed by atoms with E-state index in [0.717, 1.165) is 42.7 Å². The fourth-order valence-corrected chi connectivity index (χ4v) is 4.13. The molecular formula is C23H26ClN5O2. The second-order valence-corrected chi connectivity index (χ2v) is 8.27. The number of urea groups is 1. The molecule has 1 aliphatic rings. The van der Waals surface area contributed by atoms with Gasteiger partial charge in [0, 0.05) is 42.0 Å². The maximum atomic E-state index is 12.5. The lowest BCUT2D eigenvalue weighted by molar-refractivity contribution is 0.173. The first-order valence-electron chi connectivity index (χ1n) is 10.4. The standard InChI is InChI=1S/C23H26ClN5O2/c1-16-4-2-3-5-20(16)26-23(31)27-22-8-11-25-29(22)19-9-12-28(13-10-19)15-17-14-18(24)6-7-21(17)30/h2-8,11,14,19,30H,9-10,12-13,15H2,1H3,(H2,26,27,31). The molecular weight excluding hydrogens is 414 g/mol. The molecule has 2 aromatic carbocycles. The number of nitrogens with zero attached hydrogens (tertiary/aromatic N) is 3. The minimum absolute atomic E-state index is 0.202. The fraction of sp³-hybridized carbons (Fsp3) is 0.304. The van der Waals surface area contributed by atoms with Crippen LogP contribution in [-0.4, -0.2) is 38.9 Å². The van der Waals surface area contributed by atoms with Crippen LogP contribution >= 0.6 is 11.6 Å². The Morgan fingerprint density at radius 1 is 1.16 bits per heavy atom. The maximum absolute atomic E-state index is 12.5. The van der Waals surface area contributed by atoms with Crippen molar-refractivity contribution in [1.82, 2.24) is 14.7 Å². The minimum Gasteiger partial charge on any atom is -0.508 e. The number of carbonyl (C=O) groups is 1. The summed E-state index contributed by atoms with van der Waals surface area (Å²) in [5, 5.41) is 20.9. The molecule has 7 nitrogen and oxygen atoms in total. The molecule has 3 N–H and O–H groups in total. The van der Waals surface area contributed by atoms with Gasteiger partial charge in [0.05, 0.1) is 12.2 Å². The highest BCUT2D eigenvalue weighted by Gasteiger charge is 2.24. The average Bonchev–Trinajstić information content (AvgIpc) is 3.21. The van der Waals surface area contributed by atoms with Gasteiger partial charge in [0.15, 0.2) is 0 Å². The van der Waals surface area contributed by atoms with E-state index >= 15 is 0 Å². The molecule has 0 atom stereocenters. The molecule has 0 radical (unpaired) electrons. The topological polar surface area (TPSA) is 82.4 Å². The molecule has 0 unspecified atom stereocenters. The second kappa shape index (κ2) is 9.41. The molecule has 0 aliphatic carbocycles. The maximum Gasteiger partial charge on any atom is 0.324 e. The van der Waals surface area contributed by atoms with E-state index in [1.165, 1.54) is 0 Å². The third kappa shape index (κ3) is 5.18. The predicted molar refractivity (Wildman–Crippen MR) is 123 cm³/mol. The van der Waals surface area contributed by atoms with Crippen molar-refractivity contribution in [2.75, 3.05) is 23.7 Å². The van der Waals surface area contributed by atoms with Crippen molar-refractivity contribution in [3.8, 4) is 5.75 Å². The third-order valence-corrected chi connectivity index (χ3v) is 5.88. The van der Waals surface area contributed by atoms with E-state index in [9.17, 15) is 9.90 Å². The van der Waals surface area contributed by atoms with Crippen LogP contribution in [0.1, 0.15) is 30.0 Å². The summed E-state index contributed by atoms with van der Waals surface area (Å²) in [7, 11) is 0. The Bertz CT molecular complexity index is 1060. The van der Waals surface area contributed by atoms with E-state index in [4.69, 9.17) is 11.6 Å². The Kier molecular flexibility index (Phi) is 6.44. The molecule has 1 aliphatic heterocycles. The number of aryl methyl sites for hydroxylation is 1. The lowest BCUT2D eigenvalue weighted by Crippen LogP contribution is -2.35. The van der Waals surface area contributed by atoms with E-state index in [2.05, 4.69) is 20.6 Å². The Morgan fingerprint density at radius 2 is 1.94 bits per heavy atom. The van der Waals surface area contributed by atoms with Crippen molar-refractivity contribution in [2.45, 2.75) is 32.4 Å². The summed E-state index contributed by atoms with van der Waals surface area (Å²) in [6.45, 7) is 4.34. The molecule has 8 heteroatoms. The molecule has 4 rings (SSSR count). The zero-order valence-electron chi connectivity index (χ0n) is 17.4. The van der Waals surface area contributed by atoms with Gasteiger partial charge in [0.1, 0.15) is 11.6 Å². The second-order valence-electron chi connectivity index (χ2n) is 7.84. The van der Waals surface area contributed by atoms with Crippen molar-refractivity contribution < 1.29 is 9.90 Å². The van der Waals surface area contributed by atoms with Crippen molar-refractivity contribution >= 4 is 29.1 Å². The number of halogens is 1. The summed E-state index contributed by atoms with van der Waals surface area (Å²) in [6, 6.07) is 14.5. The first-order chi connectivity index (χ1) is 15.0. The molecule has 0 bridgehead atoms. The van der Waals surface area contributed by atoms with Crippen molar-refractivity contribution in [3.05, 3.63) is 70.9 Å². The summed E-state index contributed by atoms with van der Waals surface area (Å²) in [6.07, 6.45) is 3.51. The molecule has 1 fully saturated rings. The van der Waals surface area contributed by atoms with Crippen LogP contribution in [0.4, 0.5) is 16.3 Å². The number of hydrogen-bond donors (Lipinski definition) is 3. The van der Waals surface area contributed by atoms with Gasteiger partial charge in [-0.2, -0.15) is 5.10 Å². The quantitative estimate of drug-likeness (QED) is 0.520. The monoisotopic (exact) mass is 439 g/mol. The third-order valence-electron chi connectivity index (χ3n) is 5.64. The zero-order chi connectivity index (χ0) is 21.8. The molecule has 1 saturated heterocycles. The van der Waals surface area contributed by atoms with Crippen molar-refractivity contribution in [1.29, 1.82) is 0 Å². The van der Waals surface area contributed by atoms with Crippen LogP contribution in [0, 0.1) is 6.92 Å². The van der Waals surface area contributed by atoms with Gasteiger partial charge in [-0.05, 0) is 49.6 Å².